The molecule has 132 valence electrons. The van der Waals surface area contributed by atoms with E-state index in [-0.39, 0.29) is 6.04 Å². The average Bonchev–Trinajstić information content (AvgIpc) is 2.61. The first-order chi connectivity index (χ1) is 12.0. The quantitative estimate of drug-likeness (QED) is 0.923. The molecule has 2 aromatic rings. The number of carbonyl (C=O) groups excluding carboxylic acids is 1. The smallest absolute Gasteiger partial charge is 0.252 e. The van der Waals surface area contributed by atoms with E-state index in [2.05, 4.69) is 14.8 Å². The number of rotatable bonds is 4. The van der Waals surface area contributed by atoms with Crippen LogP contribution in [0.4, 0.5) is 14.5 Å². The summed E-state index contributed by atoms with van der Waals surface area (Å²) < 4.78 is 27.1. The molecule has 0 aliphatic carbocycles. The summed E-state index contributed by atoms with van der Waals surface area (Å²) >= 11 is 0. The maximum absolute atomic E-state index is 14.0. The Balaban J connectivity index is 1.71. The number of amides is 1. The topological polar surface area (TPSA) is 62.5 Å². The van der Waals surface area contributed by atoms with Gasteiger partial charge in [0.1, 0.15) is 11.6 Å². The normalized spacial score (nSPS) is 16.7. The highest BCUT2D eigenvalue weighted by Crippen LogP contribution is 2.27. The third-order valence-electron chi connectivity index (χ3n) is 4.68. The molecule has 5 nitrogen and oxygen atoms in total. The molecule has 1 fully saturated rings. The molecule has 25 heavy (non-hydrogen) atoms. The van der Waals surface area contributed by atoms with Gasteiger partial charge < -0.3 is 10.6 Å². The minimum atomic E-state index is -0.574. The molecule has 1 aliphatic rings. The molecular weight excluding hydrogens is 326 g/mol. The second-order valence-corrected chi connectivity index (χ2v) is 6.12. The zero-order valence-electron chi connectivity index (χ0n) is 14.0. The number of piperazine rings is 1. The van der Waals surface area contributed by atoms with Gasteiger partial charge in [-0.25, -0.2) is 8.78 Å². The van der Waals surface area contributed by atoms with E-state index in [1.165, 1.54) is 18.3 Å². The lowest BCUT2D eigenvalue weighted by molar-refractivity contribution is 0.1000. The van der Waals surface area contributed by atoms with E-state index >= 15 is 0 Å². The van der Waals surface area contributed by atoms with Crippen molar-refractivity contribution >= 4 is 11.6 Å². The van der Waals surface area contributed by atoms with Crippen molar-refractivity contribution in [2.75, 3.05) is 31.1 Å². The molecule has 2 heterocycles. The molecule has 1 saturated heterocycles. The van der Waals surface area contributed by atoms with E-state index in [0.29, 0.717) is 37.3 Å². The van der Waals surface area contributed by atoms with Gasteiger partial charge in [-0.15, -0.1) is 0 Å². The standard InChI is InChI=1S/C18H20F2N4O/c1-12(14-3-2-13(19)10-16(14)20)23-6-8-24(9-7-23)17-4-5-22-11-15(17)18(21)25/h2-5,10-12H,6-9H2,1H3,(H2,21,25)/t12-/m0/s1. The van der Waals surface area contributed by atoms with Gasteiger partial charge in [-0.1, -0.05) is 6.07 Å². The second-order valence-electron chi connectivity index (χ2n) is 6.12. The van der Waals surface area contributed by atoms with Crippen LogP contribution in [0.2, 0.25) is 0 Å². The molecule has 0 radical (unpaired) electrons. The van der Waals surface area contributed by atoms with E-state index in [9.17, 15) is 13.6 Å². The van der Waals surface area contributed by atoms with Crippen LogP contribution < -0.4 is 10.6 Å². The molecule has 1 aromatic heterocycles. The molecule has 1 atom stereocenters. The third-order valence-corrected chi connectivity index (χ3v) is 4.68. The monoisotopic (exact) mass is 346 g/mol. The number of nitrogens with two attached hydrogens (primary N) is 1. The van der Waals surface area contributed by atoms with Crippen molar-refractivity contribution in [1.82, 2.24) is 9.88 Å². The Labute approximate surface area is 145 Å². The zero-order valence-corrected chi connectivity index (χ0v) is 14.0. The number of anilines is 1. The molecule has 3 rings (SSSR count). The molecule has 7 heteroatoms. The van der Waals surface area contributed by atoms with Gasteiger partial charge in [0.2, 0.25) is 0 Å². The van der Waals surface area contributed by atoms with Gasteiger partial charge in [0.05, 0.1) is 11.3 Å². The first-order valence-electron chi connectivity index (χ1n) is 8.15. The lowest BCUT2D eigenvalue weighted by Crippen LogP contribution is -2.47. The summed E-state index contributed by atoms with van der Waals surface area (Å²) in [5.41, 5.74) is 7.06. The van der Waals surface area contributed by atoms with E-state index in [4.69, 9.17) is 5.73 Å². The Morgan fingerprint density at radius 1 is 1.20 bits per heavy atom. The fraction of sp³-hybridized carbons (Fsp3) is 0.333. The van der Waals surface area contributed by atoms with Gasteiger partial charge in [-0.3, -0.25) is 14.7 Å². The lowest BCUT2D eigenvalue weighted by atomic mass is 10.0. The van der Waals surface area contributed by atoms with Crippen molar-refractivity contribution in [1.29, 1.82) is 0 Å². The number of hydrogen-bond donors (Lipinski definition) is 1. The Hall–Kier alpha value is -2.54. The highest BCUT2D eigenvalue weighted by atomic mass is 19.1. The van der Waals surface area contributed by atoms with Crippen molar-refractivity contribution in [3.05, 3.63) is 59.4 Å². The summed E-state index contributed by atoms with van der Waals surface area (Å²) in [6.07, 6.45) is 3.10. The average molecular weight is 346 g/mol. The molecule has 1 aliphatic heterocycles. The van der Waals surface area contributed by atoms with E-state index < -0.39 is 17.5 Å². The summed E-state index contributed by atoms with van der Waals surface area (Å²) in [5.74, 6) is -1.61. The largest absolute Gasteiger partial charge is 0.368 e. The number of aromatic nitrogens is 1. The lowest BCUT2D eigenvalue weighted by Gasteiger charge is -2.39. The van der Waals surface area contributed by atoms with Crippen LogP contribution in [0, 0.1) is 11.6 Å². The molecule has 0 spiro atoms. The molecule has 0 unspecified atom stereocenters. The van der Waals surface area contributed by atoms with Gasteiger partial charge in [-0.05, 0) is 19.1 Å². The summed E-state index contributed by atoms with van der Waals surface area (Å²) in [5, 5.41) is 0. The Bertz CT molecular complexity index is 775. The summed E-state index contributed by atoms with van der Waals surface area (Å²) in [6, 6.07) is 5.31. The van der Waals surface area contributed by atoms with Crippen LogP contribution in [0.1, 0.15) is 28.9 Å². The third kappa shape index (κ3) is 3.61. The van der Waals surface area contributed by atoms with Gasteiger partial charge in [0, 0.05) is 56.2 Å². The fourth-order valence-electron chi connectivity index (χ4n) is 3.24. The predicted octanol–water partition coefficient (Wildman–Crippen LogP) is 2.34. The zero-order chi connectivity index (χ0) is 18.0. The van der Waals surface area contributed by atoms with Crippen LogP contribution in [0.25, 0.3) is 0 Å². The van der Waals surface area contributed by atoms with Gasteiger partial charge in [0.15, 0.2) is 0 Å². The van der Waals surface area contributed by atoms with Crippen LogP contribution in [-0.4, -0.2) is 42.0 Å². The van der Waals surface area contributed by atoms with Gasteiger partial charge in [0.25, 0.3) is 5.91 Å². The van der Waals surface area contributed by atoms with Crippen LogP contribution in [-0.2, 0) is 0 Å². The van der Waals surface area contributed by atoms with Crippen LogP contribution in [0.15, 0.2) is 36.7 Å². The van der Waals surface area contributed by atoms with Crippen LogP contribution in [0.3, 0.4) is 0 Å². The van der Waals surface area contributed by atoms with E-state index in [1.807, 2.05) is 6.92 Å². The van der Waals surface area contributed by atoms with Crippen LogP contribution >= 0.6 is 0 Å². The summed E-state index contributed by atoms with van der Waals surface area (Å²) in [6.45, 7) is 4.65. The van der Waals surface area contributed by atoms with E-state index in [1.54, 1.807) is 12.3 Å². The number of halogens is 2. The Kier molecular flexibility index (Phi) is 4.94. The highest BCUT2D eigenvalue weighted by Gasteiger charge is 2.25. The number of hydrogen-bond acceptors (Lipinski definition) is 4. The van der Waals surface area contributed by atoms with Crippen molar-refractivity contribution in [3.8, 4) is 0 Å². The minimum Gasteiger partial charge on any atom is -0.368 e. The van der Waals surface area contributed by atoms with E-state index in [0.717, 1.165) is 11.8 Å². The number of carbonyl (C=O) groups is 1. The minimum absolute atomic E-state index is 0.157. The van der Waals surface area contributed by atoms with Gasteiger partial charge >= 0.3 is 0 Å². The molecular formula is C18H20F2N4O. The molecule has 1 amide bonds. The first kappa shape index (κ1) is 17.3. The Morgan fingerprint density at radius 2 is 1.92 bits per heavy atom. The number of pyridine rings is 1. The molecule has 1 aromatic carbocycles. The van der Waals surface area contributed by atoms with Crippen molar-refractivity contribution < 1.29 is 13.6 Å². The van der Waals surface area contributed by atoms with Gasteiger partial charge in [-0.2, -0.15) is 0 Å². The number of nitrogens with zero attached hydrogens (tertiary/aromatic N) is 3. The molecule has 0 bridgehead atoms. The second kappa shape index (κ2) is 7.14. The number of primary amides is 1. The van der Waals surface area contributed by atoms with Crippen LogP contribution in [0.5, 0.6) is 0 Å². The molecule has 0 saturated carbocycles. The van der Waals surface area contributed by atoms with Crippen molar-refractivity contribution in [3.63, 3.8) is 0 Å². The SMILES string of the molecule is C[C@@H](c1ccc(F)cc1F)N1CCN(c2ccncc2C(N)=O)CC1. The summed E-state index contributed by atoms with van der Waals surface area (Å²) in [7, 11) is 0. The van der Waals surface area contributed by atoms with Crippen molar-refractivity contribution in [2.45, 2.75) is 13.0 Å². The highest BCUT2D eigenvalue weighted by molar-refractivity contribution is 5.98. The Morgan fingerprint density at radius 3 is 2.56 bits per heavy atom. The summed E-state index contributed by atoms with van der Waals surface area (Å²) in [4.78, 5) is 19.7. The molecule has 2 N–H and O–H groups in total. The maximum Gasteiger partial charge on any atom is 0.252 e. The predicted molar refractivity (Wildman–Crippen MR) is 91.3 cm³/mol. The first-order valence-corrected chi connectivity index (χ1v) is 8.15. The fourth-order valence-corrected chi connectivity index (χ4v) is 3.24. The number of benzene rings is 1. The van der Waals surface area contributed by atoms with Crippen molar-refractivity contribution in [2.24, 2.45) is 5.73 Å². The maximum atomic E-state index is 14.0.